The first-order chi connectivity index (χ1) is 15.8. The van der Waals surface area contributed by atoms with Crippen molar-refractivity contribution in [2.24, 2.45) is 5.92 Å². The molecule has 0 aliphatic heterocycles. The molecule has 0 aliphatic rings. The van der Waals surface area contributed by atoms with Crippen molar-refractivity contribution in [2.75, 3.05) is 0 Å². The monoisotopic (exact) mass is 449 g/mol. The molecule has 0 aromatic heterocycles. The van der Waals surface area contributed by atoms with Crippen LogP contribution in [-0.2, 0) is 9.59 Å². The van der Waals surface area contributed by atoms with Crippen LogP contribution < -0.4 is 0 Å². The molecule has 0 N–H and O–H groups in total. The number of carbonyl (C=O) groups excluding carboxylic acids is 2. The van der Waals surface area contributed by atoms with Crippen LogP contribution >= 0.6 is 0 Å². The number of rotatable bonds is 27. The first-order valence-electron chi connectivity index (χ1n) is 14.7. The minimum absolute atomic E-state index is 0.138. The van der Waals surface area contributed by atoms with Crippen molar-refractivity contribution in [3.05, 3.63) is 0 Å². The second kappa shape index (κ2) is 26.6. The van der Waals surface area contributed by atoms with Crippen molar-refractivity contribution in [3.63, 3.8) is 0 Å². The fourth-order valence-electron chi connectivity index (χ4n) is 4.61. The Morgan fingerprint density at radius 1 is 0.500 bits per heavy atom. The van der Waals surface area contributed by atoms with Crippen molar-refractivity contribution >= 4 is 12.1 Å². The van der Waals surface area contributed by atoms with E-state index in [-0.39, 0.29) is 5.78 Å². The van der Waals surface area contributed by atoms with Crippen LogP contribution in [0.5, 0.6) is 0 Å². The third-order valence-electron chi connectivity index (χ3n) is 6.90. The molecule has 0 saturated heterocycles. The van der Waals surface area contributed by atoms with Gasteiger partial charge in [-0.05, 0) is 12.8 Å². The Morgan fingerprint density at radius 3 is 1.16 bits per heavy atom. The molecular formula is C30H57O2. The lowest BCUT2D eigenvalue weighted by Crippen LogP contribution is -2.15. The largest absolute Gasteiger partial charge is 0.299 e. The van der Waals surface area contributed by atoms with Crippen LogP contribution in [0, 0.1) is 5.92 Å². The van der Waals surface area contributed by atoms with Crippen LogP contribution in [0.4, 0.5) is 0 Å². The van der Waals surface area contributed by atoms with Crippen LogP contribution in [0.3, 0.4) is 0 Å². The third kappa shape index (κ3) is 22.5. The SMILES string of the molecule is CCCCCCCCCCCCCCC([C]=O)C(=O)CCCCCCCCCCCCC. The topological polar surface area (TPSA) is 34.1 Å². The van der Waals surface area contributed by atoms with E-state index in [4.69, 9.17) is 0 Å². The molecule has 189 valence electrons. The Labute approximate surface area is 202 Å². The molecule has 0 aromatic carbocycles. The van der Waals surface area contributed by atoms with Gasteiger partial charge in [0.1, 0.15) is 5.78 Å². The third-order valence-corrected chi connectivity index (χ3v) is 6.90. The van der Waals surface area contributed by atoms with Crippen molar-refractivity contribution in [2.45, 2.75) is 174 Å². The summed E-state index contributed by atoms with van der Waals surface area (Å²) < 4.78 is 0. The van der Waals surface area contributed by atoms with Crippen LogP contribution in [-0.4, -0.2) is 12.1 Å². The van der Waals surface area contributed by atoms with E-state index in [9.17, 15) is 9.59 Å². The van der Waals surface area contributed by atoms with Gasteiger partial charge in [-0.25, -0.2) is 0 Å². The standard InChI is InChI=1S/C30H57O2/c1-3-5-7-9-11-13-15-17-18-20-22-24-26-29(28-31)30(32)27-25-23-21-19-16-14-12-10-8-6-4-2/h29H,3-27H2,1-2H3. The van der Waals surface area contributed by atoms with Crippen molar-refractivity contribution in [1.29, 1.82) is 0 Å². The highest BCUT2D eigenvalue weighted by Crippen LogP contribution is 2.17. The maximum Gasteiger partial charge on any atom is 0.209 e. The van der Waals surface area contributed by atoms with Gasteiger partial charge in [0.25, 0.3) is 0 Å². The molecule has 0 bridgehead atoms. The van der Waals surface area contributed by atoms with Gasteiger partial charge in [-0.2, -0.15) is 0 Å². The van der Waals surface area contributed by atoms with E-state index < -0.39 is 5.92 Å². The molecule has 0 aliphatic carbocycles. The molecule has 0 fully saturated rings. The number of ketones is 1. The van der Waals surface area contributed by atoms with Crippen LogP contribution in [0.1, 0.15) is 174 Å². The summed E-state index contributed by atoms with van der Waals surface area (Å²) in [4.78, 5) is 23.5. The Balaban J connectivity index is 3.45. The lowest BCUT2D eigenvalue weighted by atomic mass is 9.94. The molecule has 1 radical (unpaired) electrons. The molecule has 0 rings (SSSR count). The van der Waals surface area contributed by atoms with E-state index in [1.807, 2.05) is 6.29 Å². The smallest absolute Gasteiger partial charge is 0.209 e. The molecule has 2 heteroatoms. The Kier molecular flexibility index (Phi) is 26.0. The maximum atomic E-state index is 12.3. The molecule has 0 saturated carbocycles. The minimum Gasteiger partial charge on any atom is -0.299 e. The zero-order valence-corrected chi connectivity index (χ0v) is 22.1. The number of Topliss-reactive ketones (excluding diaryl/α,β-unsaturated/α-hetero) is 1. The number of carbonyl (C=O) groups is 1. The molecule has 1 unspecified atom stereocenters. The summed E-state index contributed by atoms with van der Waals surface area (Å²) in [5.41, 5.74) is 0. The van der Waals surface area contributed by atoms with Gasteiger partial charge < -0.3 is 0 Å². The van der Waals surface area contributed by atoms with Gasteiger partial charge in [0, 0.05) is 6.42 Å². The van der Waals surface area contributed by atoms with Gasteiger partial charge in [-0.1, -0.05) is 155 Å². The van der Waals surface area contributed by atoms with Gasteiger partial charge in [-0.15, -0.1) is 0 Å². The van der Waals surface area contributed by atoms with Gasteiger partial charge in [0.05, 0.1) is 5.92 Å². The highest BCUT2D eigenvalue weighted by Gasteiger charge is 2.17. The van der Waals surface area contributed by atoms with Gasteiger partial charge >= 0.3 is 0 Å². The minimum atomic E-state index is -0.457. The summed E-state index contributed by atoms with van der Waals surface area (Å²) in [7, 11) is 0. The number of hydrogen-bond donors (Lipinski definition) is 0. The summed E-state index contributed by atoms with van der Waals surface area (Å²) >= 11 is 0. The number of hydrogen-bond acceptors (Lipinski definition) is 2. The van der Waals surface area contributed by atoms with Crippen molar-refractivity contribution in [3.8, 4) is 0 Å². The first kappa shape index (κ1) is 31.3. The highest BCUT2D eigenvalue weighted by atomic mass is 16.1. The van der Waals surface area contributed by atoms with Crippen LogP contribution in [0.15, 0.2) is 0 Å². The second-order valence-corrected chi connectivity index (χ2v) is 10.1. The zero-order chi connectivity index (χ0) is 23.5. The normalized spacial score (nSPS) is 12.2. The molecule has 1 atom stereocenters. The fourth-order valence-corrected chi connectivity index (χ4v) is 4.61. The first-order valence-corrected chi connectivity index (χ1v) is 14.7. The van der Waals surface area contributed by atoms with E-state index in [2.05, 4.69) is 13.8 Å². The molecule has 32 heavy (non-hydrogen) atoms. The van der Waals surface area contributed by atoms with E-state index in [1.165, 1.54) is 122 Å². The molecular weight excluding hydrogens is 392 g/mol. The molecule has 0 spiro atoms. The molecule has 0 aromatic rings. The highest BCUT2D eigenvalue weighted by molar-refractivity contribution is 5.93. The lowest BCUT2D eigenvalue weighted by Gasteiger charge is -2.09. The quantitative estimate of drug-likeness (QED) is 0.0923. The average Bonchev–Trinajstić information content (AvgIpc) is 2.80. The van der Waals surface area contributed by atoms with Gasteiger partial charge in [-0.3, -0.25) is 9.59 Å². The van der Waals surface area contributed by atoms with Crippen LogP contribution in [0.25, 0.3) is 0 Å². The van der Waals surface area contributed by atoms with Crippen molar-refractivity contribution < 1.29 is 9.59 Å². The average molecular weight is 450 g/mol. The van der Waals surface area contributed by atoms with Gasteiger partial charge in [0.15, 0.2) is 0 Å². The summed E-state index contributed by atoms with van der Waals surface area (Å²) in [6.07, 6.45) is 33.2. The number of unbranched alkanes of at least 4 members (excludes halogenated alkanes) is 21. The Bertz CT molecular complexity index is 390. The molecule has 2 nitrogen and oxygen atoms in total. The summed E-state index contributed by atoms with van der Waals surface area (Å²) in [5, 5.41) is 0. The molecule has 0 amide bonds. The summed E-state index contributed by atoms with van der Waals surface area (Å²) in [6, 6.07) is 0. The van der Waals surface area contributed by atoms with E-state index in [0.29, 0.717) is 6.42 Å². The van der Waals surface area contributed by atoms with E-state index in [1.54, 1.807) is 0 Å². The maximum absolute atomic E-state index is 12.3. The zero-order valence-electron chi connectivity index (χ0n) is 22.1. The fraction of sp³-hybridized carbons (Fsp3) is 0.933. The summed E-state index contributed by atoms with van der Waals surface area (Å²) in [6.45, 7) is 4.53. The molecule has 0 heterocycles. The van der Waals surface area contributed by atoms with Crippen LogP contribution in [0.2, 0.25) is 0 Å². The predicted molar refractivity (Wildman–Crippen MR) is 141 cm³/mol. The lowest BCUT2D eigenvalue weighted by molar-refractivity contribution is -0.121. The van der Waals surface area contributed by atoms with Crippen molar-refractivity contribution in [1.82, 2.24) is 0 Å². The van der Waals surface area contributed by atoms with E-state index >= 15 is 0 Å². The Morgan fingerprint density at radius 2 is 0.812 bits per heavy atom. The summed E-state index contributed by atoms with van der Waals surface area (Å²) in [5.74, 6) is -0.319. The van der Waals surface area contributed by atoms with Gasteiger partial charge in [0.2, 0.25) is 6.29 Å². The van der Waals surface area contributed by atoms with E-state index in [0.717, 1.165) is 32.1 Å². The second-order valence-electron chi connectivity index (χ2n) is 10.1. The Hall–Kier alpha value is -0.660. The predicted octanol–water partition coefficient (Wildman–Crippen LogP) is 10.1.